The van der Waals surface area contributed by atoms with Crippen molar-refractivity contribution in [1.29, 1.82) is 0 Å². The van der Waals surface area contributed by atoms with Gasteiger partial charge in [-0.3, -0.25) is 14.6 Å². The molecule has 1 N–H and O–H groups in total. The fourth-order valence-corrected chi connectivity index (χ4v) is 3.71. The number of rotatable bonds is 6. The number of benzene rings is 1. The summed E-state index contributed by atoms with van der Waals surface area (Å²) in [5, 5.41) is 2.93. The third kappa shape index (κ3) is 5.25. The SMILES string of the molecule is O=C(N[C@H](Cc1ccccc1)C(=O)N1CCN(c2ccccn2)CC1)c1cccnc1. The molecule has 3 heterocycles. The van der Waals surface area contributed by atoms with Crippen molar-refractivity contribution in [3.8, 4) is 0 Å². The van der Waals surface area contributed by atoms with Gasteiger partial charge >= 0.3 is 0 Å². The lowest BCUT2D eigenvalue weighted by atomic mass is 10.0. The molecule has 1 fully saturated rings. The van der Waals surface area contributed by atoms with Crippen molar-refractivity contribution in [1.82, 2.24) is 20.2 Å². The minimum atomic E-state index is -0.642. The largest absolute Gasteiger partial charge is 0.353 e. The summed E-state index contributed by atoms with van der Waals surface area (Å²) in [5.41, 5.74) is 1.44. The Hall–Kier alpha value is -3.74. The molecule has 158 valence electrons. The summed E-state index contributed by atoms with van der Waals surface area (Å²) in [5.74, 6) is 0.552. The summed E-state index contributed by atoms with van der Waals surface area (Å²) in [7, 11) is 0. The highest BCUT2D eigenvalue weighted by atomic mass is 16.2. The summed E-state index contributed by atoms with van der Waals surface area (Å²) in [6, 6.07) is 18.3. The lowest BCUT2D eigenvalue weighted by Crippen LogP contribution is -2.55. The van der Waals surface area contributed by atoms with Crippen LogP contribution in [0, 0.1) is 0 Å². The zero-order valence-corrected chi connectivity index (χ0v) is 17.2. The number of anilines is 1. The van der Waals surface area contributed by atoms with Gasteiger partial charge in [0.15, 0.2) is 0 Å². The van der Waals surface area contributed by atoms with Gasteiger partial charge < -0.3 is 15.1 Å². The maximum absolute atomic E-state index is 13.4. The summed E-state index contributed by atoms with van der Waals surface area (Å²) in [6.45, 7) is 2.58. The summed E-state index contributed by atoms with van der Waals surface area (Å²) in [6.07, 6.45) is 5.33. The molecule has 1 aliphatic rings. The van der Waals surface area contributed by atoms with E-state index in [1.54, 1.807) is 24.5 Å². The van der Waals surface area contributed by atoms with Gasteiger partial charge in [-0.25, -0.2) is 4.98 Å². The van der Waals surface area contributed by atoms with Gasteiger partial charge in [0.05, 0.1) is 5.56 Å². The number of amides is 2. The monoisotopic (exact) mass is 415 g/mol. The maximum Gasteiger partial charge on any atom is 0.253 e. The molecule has 0 spiro atoms. The summed E-state index contributed by atoms with van der Waals surface area (Å²) in [4.78, 5) is 38.5. The average Bonchev–Trinajstić information content (AvgIpc) is 2.85. The quantitative estimate of drug-likeness (QED) is 0.668. The molecule has 4 rings (SSSR count). The van der Waals surface area contributed by atoms with Gasteiger partial charge in [-0.15, -0.1) is 0 Å². The Morgan fingerprint density at radius 1 is 0.903 bits per heavy atom. The highest BCUT2D eigenvalue weighted by Gasteiger charge is 2.29. The first kappa shape index (κ1) is 20.5. The fourth-order valence-electron chi connectivity index (χ4n) is 3.71. The standard InChI is InChI=1S/C24H25N5O2/c30-23(20-9-6-11-25-18-20)27-21(17-19-7-2-1-3-8-19)24(31)29-15-13-28(14-16-29)22-10-4-5-12-26-22/h1-12,18,21H,13-17H2,(H,27,30)/t21-/m1/s1. The zero-order chi connectivity index (χ0) is 21.5. The number of piperazine rings is 1. The van der Waals surface area contributed by atoms with Gasteiger partial charge in [-0.05, 0) is 29.8 Å². The third-order valence-electron chi connectivity index (χ3n) is 5.37. The van der Waals surface area contributed by atoms with Crippen molar-refractivity contribution in [2.45, 2.75) is 12.5 Å². The summed E-state index contributed by atoms with van der Waals surface area (Å²) < 4.78 is 0. The molecule has 0 saturated carbocycles. The summed E-state index contributed by atoms with van der Waals surface area (Å²) >= 11 is 0. The predicted molar refractivity (Wildman–Crippen MR) is 119 cm³/mol. The molecule has 0 radical (unpaired) electrons. The highest BCUT2D eigenvalue weighted by molar-refractivity contribution is 5.97. The van der Waals surface area contributed by atoms with Crippen LogP contribution in [0.4, 0.5) is 5.82 Å². The van der Waals surface area contributed by atoms with E-state index < -0.39 is 6.04 Å². The number of nitrogens with zero attached hydrogens (tertiary/aromatic N) is 4. The third-order valence-corrected chi connectivity index (χ3v) is 5.37. The average molecular weight is 415 g/mol. The molecule has 1 aromatic carbocycles. The number of nitrogens with one attached hydrogen (secondary N) is 1. The molecular weight excluding hydrogens is 390 g/mol. The van der Waals surface area contributed by atoms with Crippen LogP contribution >= 0.6 is 0 Å². The Labute approximate surface area is 181 Å². The number of aromatic nitrogens is 2. The van der Waals surface area contributed by atoms with Gasteiger partial charge in [-0.2, -0.15) is 0 Å². The smallest absolute Gasteiger partial charge is 0.253 e. The molecule has 7 nitrogen and oxygen atoms in total. The first-order valence-electron chi connectivity index (χ1n) is 10.4. The van der Waals surface area contributed by atoms with Crippen LogP contribution in [-0.2, 0) is 11.2 Å². The van der Waals surface area contributed by atoms with Gasteiger partial charge in [0.1, 0.15) is 11.9 Å². The zero-order valence-electron chi connectivity index (χ0n) is 17.2. The van der Waals surface area contributed by atoms with E-state index in [4.69, 9.17) is 0 Å². The van der Waals surface area contributed by atoms with Crippen LogP contribution in [0.1, 0.15) is 15.9 Å². The fraction of sp³-hybridized carbons (Fsp3) is 0.250. The van der Waals surface area contributed by atoms with E-state index in [0.29, 0.717) is 38.2 Å². The van der Waals surface area contributed by atoms with Crippen LogP contribution in [0.2, 0.25) is 0 Å². The van der Waals surface area contributed by atoms with E-state index in [1.807, 2.05) is 53.4 Å². The second kappa shape index (κ2) is 9.84. The highest BCUT2D eigenvalue weighted by Crippen LogP contribution is 2.14. The number of hydrogen-bond donors (Lipinski definition) is 1. The topological polar surface area (TPSA) is 78.4 Å². The van der Waals surface area contributed by atoms with E-state index in [9.17, 15) is 9.59 Å². The van der Waals surface area contributed by atoms with E-state index in [0.717, 1.165) is 11.4 Å². The Bertz CT molecular complexity index is 990. The molecule has 2 amide bonds. The molecule has 0 bridgehead atoms. The number of carbonyl (C=O) groups is 2. The van der Waals surface area contributed by atoms with Crippen molar-refractivity contribution in [2.75, 3.05) is 31.1 Å². The number of pyridine rings is 2. The van der Waals surface area contributed by atoms with Crippen LogP contribution in [0.25, 0.3) is 0 Å². The second-order valence-electron chi connectivity index (χ2n) is 7.46. The van der Waals surface area contributed by atoms with Crippen LogP contribution < -0.4 is 10.2 Å². The van der Waals surface area contributed by atoms with Gasteiger partial charge in [-0.1, -0.05) is 36.4 Å². The number of hydrogen-bond acceptors (Lipinski definition) is 5. The van der Waals surface area contributed by atoms with E-state index in [2.05, 4.69) is 20.2 Å². The first-order chi connectivity index (χ1) is 15.2. The molecule has 31 heavy (non-hydrogen) atoms. The minimum absolute atomic E-state index is 0.0678. The molecule has 0 aliphatic carbocycles. The molecule has 0 unspecified atom stereocenters. The predicted octanol–water partition coefficient (Wildman–Crippen LogP) is 2.17. The van der Waals surface area contributed by atoms with E-state index in [1.165, 1.54) is 6.20 Å². The molecule has 1 saturated heterocycles. The van der Waals surface area contributed by atoms with Crippen molar-refractivity contribution in [3.05, 3.63) is 90.4 Å². The lowest BCUT2D eigenvalue weighted by Gasteiger charge is -2.37. The Morgan fingerprint density at radius 2 is 1.68 bits per heavy atom. The lowest BCUT2D eigenvalue weighted by molar-refractivity contribution is -0.133. The van der Waals surface area contributed by atoms with Crippen molar-refractivity contribution >= 4 is 17.6 Å². The Kier molecular flexibility index (Phi) is 6.52. The second-order valence-corrected chi connectivity index (χ2v) is 7.46. The molecular formula is C24H25N5O2. The Morgan fingerprint density at radius 3 is 2.35 bits per heavy atom. The van der Waals surface area contributed by atoms with Crippen LogP contribution in [0.15, 0.2) is 79.3 Å². The van der Waals surface area contributed by atoms with Crippen molar-refractivity contribution < 1.29 is 9.59 Å². The Balaban J connectivity index is 1.45. The molecule has 2 aromatic heterocycles. The normalized spacial score (nSPS) is 14.7. The molecule has 1 aliphatic heterocycles. The van der Waals surface area contributed by atoms with Crippen LogP contribution in [-0.4, -0.2) is 58.9 Å². The van der Waals surface area contributed by atoms with Crippen molar-refractivity contribution in [3.63, 3.8) is 0 Å². The van der Waals surface area contributed by atoms with Gasteiger partial charge in [0.2, 0.25) is 5.91 Å². The number of carbonyl (C=O) groups excluding carboxylic acids is 2. The van der Waals surface area contributed by atoms with Gasteiger partial charge in [0.25, 0.3) is 5.91 Å². The molecule has 7 heteroatoms. The van der Waals surface area contributed by atoms with E-state index in [-0.39, 0.29) is 11.8 Å². The maximum atomic E-state index is 13.4. The molecule has 3 aromatic rings. The first-order valence-corrected chi connectivity index (χ1v) is 10.4. The minimum Gasteiger partial charge on any atom is -0.353 e. The van der Waals surface area contributed by atoms with Crippen molar-refractivity contribution in [2.24, 2.45) is 0 Å². The van der Waals surface area contributed by atoms with Gasteiger partial charge in [0, 0.05) is 51.2 Å². The van der Waals surface area contributed by atoms with Crippen LogP contribution in [0.5, 0.6) is 0 Å². The molecule has 1 atom stereocenters. The van der Waals surface area contributed by atoms with Crippen LogP contribution in [0.3, 0.4) is 0 Å². The van der Waals surface area contributed by atoms with E-state index >= 15 is 0 Å².